The second kappa shape index (κ2) is 4.95. The summed E-state index contributed by atoms with van der Waals surface area (Å²) >= 11 is 0. The Labute approximate surface area is 92.6 Å². The average Bonchev–Trinajstić information content (AvgIpc) is 2.63. The van der Waals surface area contributed by atoms with Crippen molar-refractivity contribution < 1.29 is 22.7 Å². The molecule has 1 rings (SSSR count). The van der Waals surface area contributed by atoms with Crippen LogP contribution in [0.15, 0.2) is 29.2 Å². The average molecular weight is 245 g/mol. The molecule has 0 bridgehead atoms. The second-order valence-corrected chi connectivity index (χ2v) is 4.81. The van der Waals surface area contributed by atoms with Crippen LogP contribution in [0.25, 0.3) is 0 Å². The molecule has 0 aliphatic heterocycles. The third kappa shape index (κ3) is 3.52. The number of carboxylic acid groups (broad SMARTS) is 1. The molecule has 16 heavy (non-hydrogen) atoms. The molecule has 0 radical (unpaired) electrons. The lowest BCUT2D eigenvalue weighted by Crippen LogP contribution is -2.24. The van der Waals surface area contributed by atoms with E-state index < -0.39 is 16.0 Å². The molecule has 1 aromatic heterocycles. The van der Waals surface area contributed by atoms with Gasteiger partial charge in [-0.3, -0.25) is 0 Å². The third-order valence-electron chi connectivity index (χ3n) is 1.68. The van der Waals surface area contributed by atoms with Crippen LogP contribution >= 0.6 is 0 Å². The third-order valence-corrected chi connectivity index (χ3v) is 2.93. The van der Waals surface area contributed by atoms with Crippen molar-refractivity contribution in [3.05, 3.63) is 36.3 Å². The zero-order valence-electron chi connectivity index (χ0n) is 8.34. The van der Waals surface area contributed by atoms with E-state index in [-0.39, 0.29) is 23.8 Å². The first-order valence-electron chi connectivity index (χ1n) is 4.35. The van der Waals surface area contributed by atoms with Crippen molar-refractivity contribution in [3.8, 4) is 0 Å². The minimum absolute atomic E-state index is 0.0799. The molecule has 1 heterocycles. The number of sulfonamides is 1. The largest absolute Gasteiger partial charge is 0.475 e. The fraction of sp³-hybridized carbons (Fsp3) is 0.222. The summed E-state index contributed by atoms with van der Waals surface area (Å²) in [6.07, 6.45) is 1.26. The molecule has 0 spiro atoms. The van der Waals surface area contributed by atoms with E-state index in [0.29, 0.717) is 0 Å². The van der Waals surface area contributed by atoms with Gasteiger partial charge >= 0.3 is 5.97 Å². The topological polar surface area (TPSA) is 96.6 Å². The lowest BCUT2D eigenvalue weighted by Gasteiger charge is -2.01. The Hall–Kier alpha value is -1.60. The zero-order valence-corrected chi connectivity index (χ0v) is 9.16. The van der Waals surface area contributed by atoms with Crippen LogP contribution in [-0.4, -0.2) is 25.2 Å². The Bertz CT molecular complexity index is 488. The van der Waals surface area contributed by atoms with Gasteiger partial charge in [-0.05, 0) is 12.1 Å². The lowest BCUT2D eigenvalue weighted by molar-refractivity contribution is 0.0660. The van der Waals surface area contributed by atoms with Crippen LogP contribution in [0.2, 0.25) is 0 Å². The van der Waals surface area contributed by atoms with Gasteiger partial charge in [0.15, 0.2) is 0 Å². The molecule has 0 saturated carbocycles. The molecule has 1 aromatic rings. The van der Waals surface area contributed by atoms with Gasteiger partial charge in [-0.15, -0.1) is 6.58 Å². The molecule has 0 amide bonds. The summed E-state index contributed by atoms with van der Waals surface area (Å²) in [5, 5.41) is 8.56. The van der Waals surface area contributed by atoms with Crippen molar-refractivity contribution in [2.24, 2.45) is 0 Å². The number of carboxylic acids is 1. The number of hydrogen-bond acceptors (Lipinski definition) is 4. The molecule has 0 aliphatic carbocycles. The first-order chi connectivity index (χ1) is 7.44. The van der Waals surface area contributed by atoms with Crippen LogP contribution in [0, 0.1) is 0 Å². The predicted molar refractivity (Wildman–Crippen MR) is 56.5 cm³/mol. The summed E-state index contributed by atoms with van der Waals surface area (Å²) in [4.78, 5) is 10.5. The van der Waals surface area contributed by atoms with Crippen molar-refractivity contribution >= 4 is 16.0 Å². The number of aromatic carboxylic acids is 1. The normalized spacial score (nSPS) is 11.2. The first-order valence-corrected chi connectivity index (χ1v) is 6.00. The monoisotopic (exact) mass is 245 g/mol. The molecule has 0 fully saturated rings. The SMILES string of the molecule is C=CCS(=O)(=O)NCc1ccc(C(=O)O)o1. The molecular formula is C9H11NO5S. The number of furan rings is 1. The molecule has 0 atom stereocenters. The van der Waals surface area contributed by atoms with Gasteiger partial charge in [0.1, 0.15) is 5.76 Å². The standard InChI is InChI=1S/C9H11NO5S/c1-2-5-16(13,14)10-6-7-3-4-8(15-7)9(11)12/h2-4,10H,1,5-6H2,(H,11,12). The highest BCUT2D eigenvalue weighted by Gasteiger charge is 2.11. The van der Waals surface area contributed by atoms with Crippen molar-refractivity contribution in [1.29, 1.82) is 0 Å². The molecule has 2 N–H and O–H groups in total. The van der Waals surface area contributed by atoms with E-state index in [1.807, 2.05) is 0 Å². The number of rotatable bonds is 6. The van der Waals surface area contributed by atoms with Crippen molar-refractivity contribution in [3.63, 3.8) is 0 Å². The Kier molecular flexibility index (Phi) is 3.86. The van der Waals surface area contributed by atoms with Crippen LogP contribution in [-0.2, 0) is 16.6 Å². The van der Waals surface area contributed by atoms with Gasteiger partial charge in [0.05, 0.1) is 12.3 Å². The zero-order chi connectivity index (χ0) is 12.2. The van der Waals surface area contributed by atoms with Gasteiger partial charge in [-0.2, -0.15) is 0 Å². The highest BCUT2D eigenvalue weighted by atomic mass is 32.2. The summed E-state index contributed by atoms with van der Waals surface area (Å²) in [6.45, 7) is 3.23. The quantitative estimate of drug-likeness (QED) is 0.715. The molecule has 88 valence electrons. The fourth-order valence-corrected chi connectivity index (χ4v) is 1.77. The predicted octanol–water partition coefficient (Wildman–Crippen LogP) is 0.583. The van der Waals surface area contributed by atoms with Crippen LogP contribution in [0.1, 0.15) is 16.3 Å². The lowest BCUT2D eigenvalue weighted by atomic mass is 10.4. The highest BCUT2D eigenvalue weighted by molar-refractivity contribution is 7.89. The maximum Gasteiger partial charge on any atom is 0.371 e. The van der Waals surface area contributed by atoms with Gasteiger partial charge in [0.25, 0.3) is 0 Å². The minimum atomic E-state index is -3.42. The Morgan fingerprint density at radius 3 is 2.75 bits per heavy atom. The van der Waals surface area contributed by atoms with Gasteiger partial charge < -0.3 is 9.52 Å². The summed E-state index contributed by atoms with van der Waals surface area (Å²) in [5.74, 6) is -1.37. The molecule has 0 unspecified atom stereocenters. The number of nitrogens with one attached hydrogen (secondary N) is 1. The van der Waals surface area contributed by atoms with E-state index in [1.165, 1.54) is 18.2 Å². The first kappa shape index (κ1) is 12.5. The number of carbonyl (C=O) groups is 1. The van der Waals surface area contributed by atoms with E-state index in [0.717, 1.165) is 0 Å². The number of hydrogen-bond donors (Lipinski definition) is 2. The van der Waals surface area contributed by atoms with E-state index >= 15 is 0 Å². The maximum absolute atomic E-state index is 11.2. The summed E-state index contributed by atoms with van der Waals surface area (Å²) in [6, 6.07) is 2.67. The molecule has 6 nitrogen and oxygen atoms in total. The van der Waals surface area contributed by atoms with E-state index in [2.05, 4.69) is 11.3 Å². The van der Waals surface area contributed by atoms with Gasteiger partial charge in [0, 0.05) is 0 Å². The molecule has 0 aliphatic rings. The summed E-state index contributed by atoms with van der Waals surface area (Å²) in [5.41, 5.74) is 0. The van der Waals surface area contributed by atoms with Gasteiger partial charge in [-0.1, -0.05) is 6.08 Å². The van der Waals surface area contributed by atoms with Crippen molar-refractivity contribution in [2.75, 3.05) is 5.75 Å². The van der Waals surface area contributed by atoms with Gasteiger partial charge in [0.2, 0.25) is 15.8 Å². The van der Waals surface area contributed by atoms with E-state index in [4.69, 9.17) is 9.52 Å². The Morgan fingerprint density at radius 1 is 1.56 bits per heavy atom. The Morgan fingerprint density at radius 2 is 2.25 bits per heavy atom. The van der Waals surface area contributed by atoms with E-state index in [9.17, 15) is 13.2 Å². The fourth-order valence-electron chi connectivity index (χ4n) is 0.983. The molecule has 0 aromatic carbocycles. The minimum Gasteiger partial charge on any atom is -0.475 e. The molecule has 7 heteroatoms. The van der Waals surface area contributed by atoms with Crippen LogP contribution in [0.5, 0.6) is 0 Å². The van der Waals surface area contributed by atoms with Crippen LogP contribution < -0.4 is 4.72 Å². The second-order valence-electron chi connectivity index (χ2n) is 2.96. The van der Waals surface area contributed by atoms with Crippen LogP contribution in [0.4, 0.5) is 0 Å². The molecular weight excluding hydrogens is 234 g/mol. The molecule has 0 saturated heterocycles. The summed E-state index contributed by atoms with van der Waals surface area (Å²) in [7, 11) is -3.42. The van der Waals surface area contributed by atoms with E-state index in [1.54, 1.807) is 0 Å². The maximum atomic E-state index is 11.2. The van der Waals surface area contributed by atoms with Crippen LogP contribution in [0.3, 0.4) is 0 Å². The van der Waals surface area contributed by atoms with Gasteiger partial charge in [-0.25, -0.2) is 17.9 Å². The smallest absolute Gasteiger partial charge is 0.371 e. The van der Waals surface area contributed by atoms with Crippen molar-refractivity contribution in [1.82, 2.24) is 4.72 Å². The Balaban J connectivity index is 2.61. The summed E-state index contributed by atoms with van der Waals surface area (Å²) < 4.78 is 29.5. The highest BCUT2D eigenvalue weighted by Crippen LogP contribution is 2.07. The van der Waals surface area contributed by atoms with Crippen molar-refractivity contribution in [2.45, 2.75) is 6.54 Å².